The molecule has 0 aliphatic heterocycles. The molecular weight excluding hydrogens is 248 g/mol. The summed E-state index contributed by atoms with van der Waals surface area (Å²) in [7, 11) is 1.94. The zero-order valence-corrected chi connectivity index (χ0v) is 12.6. The second-order valence-electron chi connectivity index (χ2n) is 5.82. The van der Waals surface area contributed by atoms with Crippen molar-refractivity contribution < 1.29 is 4.79 Å². The van der Waals surface area contributed by atoms with E-state index in [0.717, 1.165) is 24.1 Å². The summed E-state index contributed by atoms with van der Waals surface area (Å²) in [5.41, 5.74) is 1.95. The van der Waals surface area contributed by atoms with Gasteiger partial charge in [-0.1, -0.05) is 31.0 Å². The van der Waals surface area contributed by atoms with Crippen molar-refractivity contribution in [3.63, 3.8) is 0 Å². The van der Waals surface area contributed by atoms with Gasteiger partial charge in [0.1, 0.15) is 0 Å². The van der Waals surface area contributed by atoms with Crippen molar-refractivity contribution in [3.8, 4) is 0 Å². The number of amides is 1. The molecule has 1 aromatic rings. The van der Waals surface area contributed by atoms with E-state index >= 15 is 0 Å². The van der Waals surface area contributed by atoms with Gasteiger partial charge >= 0.3 is 0 Å². The second kappa shape index (κ2) is 7.44. The van der Waals surface area contributed by atoms with E-state index in [9.17, 15) is 4.79 Å². The van der Waals surface area contributed by atoms with Gasteiger partial charge in [-0.25, -0.2) is 0 Å². The van der Waals surface area contributed by atoms with Gasteiger partial charge in [-0.3, -0.25) is 4.79 Å². The minimum Gasteiger partial charge on any atom is -0.349 e. The van der Waals surface area contributed by atoms with Gasteiger partial charge in [0.05, 0.1) is 0 Å². The van der Waals surface area contributed by atoms with Gasteiger partial charge < -0.3 is 10.6 Å². The Bertz CT molecular complexity index is 438. The summed E-state index contributed by atoms with van der Waals surface area (Å²) in [4.78, 5) is 12.5. The Labute approximate surface area is 122 Å². The van der Waals surface area contributed by atoms with Crippen LogP contribution in [-0.4, -0.2) is 25.5 Å². The van der Waals surface area contributed by atoms with Crippen LogP contribution in [0.4, 0.5) is 0 Å². The van der Waals surface area contributed by atoms with E-state index in [2.05, 4.69) is 17.6 Å². The van der Waals surface area contributed by atoms with Crippen LogP contribution in [0.1, 0.15) is 48.5 Å². The molecule has 1 fully saturated rings. The fourth-order valence-electron chi connectivity index (χ4n) is 3.08. The summed E-state index contributed by atoms with van der Waals surface area (Å²) >= 11 is 0. The maximum Gasteiger partial charge on any atom is 0.251 e. The Morgan fingerprint density at radius 3 is 2.70 bits per heavy atom. The van der Waals surface area contributed by atoms with E-state index in [4.69, 9.17) is 0 Å². The SMILES string of the molecule is CNCCc1ccccc1C(=O)N[C@H](C)C1CCCC1. The minimum absolute atomic E-state index is 0.0797. The summed E-state index contributed by atoms with van der Waals surface area (Å²) in [5, 5.41) is 6.33. The molecule has 0 bridgehead atoms. The zero-order chi connectivity index (χ0) is 14.4. The van der Waals surface area contributed by atoms with Crippen molar-refractivity contribution in [2.75, 3.05) is 13.6 Å². The van der Waals surface area contributed by atoms with E-state index < -0.39 is 0 Å². The van der Waals surface area contributed by atoms with Crippen LogP contribution in [0.25, 0.3) is 0 Å². The first-order chi connectivity index (χ1) is 9.72. The van der Waals surface area contributed by atoms with Gasteiger partial charge in [0.15, 0.2) is 0 Å². The van der Waals surface area contributed by atoms with Crippen LogP contribution in [0.15, 0.2) is 24.3 Å². The summed E-state index contributed by atoms with van der Waals surface area (Å²) in [6.45, 7) is 3.03. The highest BCUT2D eigenvalue weighted by Crippen LogP contribution is 2.27. The predicted molar refractivity (Wildman–Crippen MR) is 83.0 cm³/mol. The number of hydrogen-bond acceptors (Lipinski definition) is 2. The highest BCUT2D eigenvalue weighted by Gasteiger charge is 2.23. The van der Waals surface area contributed by atoms with Crippen molar-refractivity contribution in [1.29, 1.82) is 0 Å². The molecule has 20 heavy (non-hydrogen) atoms. The molecule has 2 N–H and O–H groups in total. The topological polar surface area (TPSA) is 41.1 Å². The minimum atomic E-state index is 0.0797. The third-order valence-corrected chi connectivity index (χ3v) is 4.37. The molecule has 0 heterocycles. The normalized spacial score (nSPS) is 17.1. The molecule has 1 amide bonds. The molecule has 1 aliphatic carbocycles. The maximum absolute atomic E-state index is 12.5. The van der Waals surface area contributed by atoms with E-state index in [0.29, 0.717) is 5.92 Å². The molecule has 0 aromatic heterocycles. The summed E-state index contributed by atoms with van der Waals surface area (Å²) in [6.07, 6.45) is 6.01. The molecular formula is C17H26N2O. The second-order valence-corrected chi connectivity index (χ2v) is 5.82. The van der Waals surface area contributed by atoms with E-state index in [1.165, 1.54) is 25.7 Å². The van der Waals surface area contributed by atoms with Crippen LogP contribution in [0.3, 0.4) is 0 Å². The average molecular weight is 274 g/mol. The quantitative estimate of drug-likeness (QED) is 0.837. The van der Waals surface area contributed by atoms with Crippen LogP contribution in [0.2, 0.25) is 0 Å². The van der Waals surface area contributed by atoms with Gasteiger partial charge in [-0.2, -0.15) is 0 Å². The number of nitrogens with one attached hydrogen (secondary N) is 2. The number of carbonyl (C=O) groups is 1. The maximum atomic E-state index is 12.5. The molecule has 1 aliphatic rings. The highest BCUT2D eigenvalue weighted by molar-refractivity contribution is 5.95. The zero-order valence-electron chi connectivity index (χ0n) is 12.6. The standard InChI is InChI=1S/C17H26N2O/c1-13(14-7-3-4-8-14)19-17(20)16-10-6-5-9-15(16)11-12-18-2/h5-6,9-10,13-14,18H,3-4,7-8,11-12H2,1-2H3,(H,19,20)/t13-/m1/s1. The largest absolute Gasteiger partial charge is 0.349 e. The lowest BCUT2D eigenvalue weighted by atomic mass is 9.98. The van der Waals surface area contributed by atoms with Gasteiger partial charge in [0, 0.05) is 11.6 Å². The molecule has 3 heteroatoms. The van der Waals surface area contributed by atoms with Crippen LogP contribution in [-0.2, 0) is 6.42 Å². The molecule has 3 nitrogen and oxygen atoms in total. The van der Waals surface area contributed by atoms with Crippen LogP contribution < -0.4 is 10.6 Å². The smallest absolute Gasteiger partial charge is 0.251 e. The number of hydrogen-bond donors (Lipinski definition) is 2. The van der Waals surface area contributed by atoms with Crippen LogP contribution in [0.5, 0.6) is 0 Å². The van der Waals surface area contributed by atoms with Crippen molar-refractivity contribution in [2.45, 2.75) is 45.1 Å². The fraction of sp³-hybridized carbons (Fsp3) is 0.588. The number of carbonyl (C=O) groups excluding carboxylic acids is 1. The first-order valence-electron chi connectivity index (χ1n) is 7.75. The summed E-state index contributed by atoms with van der Waals surface area (Å²) in [6, 6.07) is 8.20. The Hall–Kier alpha value is -1.35. The first-order valence-corrected chi connectivity index (χ1v) is 7.75. The Morgan fingerprint density at radius 1 is 1.30 bits per heavy atom. The molecule has 1 atom stereocenters. The summed E-state index contributed by atoms with van der Waals surface area (Å²) < 4.78 is 0. The molecule has 0 saturated heterocycles. The lowest BCUT2D eigenvalue weighted by Crippen LogP contribution is -2.37. The van der Waals surface area contributed by atoms with Crippen LogP contribution >= 0.6 is 0 Å². The molecule has 0 radical (unpaired) electrons. The van der Waals surface area contributed by atoms with Gasteiger partial charge in [-0.15, -0.1) is 0 Å². The highest BCUT2D eigenvalue weighted by atomic mass is 16.1. The lowest BCUT2D eigenvalue weighted by Gasteiger charge is -2.21. The molecule has 0 spiro atoms. The van der Waals surface area contributed by atoms with Crippen molar-refractivity contribution in [1.82, 2.24) is 10.6 Å². The van der Waals surface area contributed by atoms with Crippen molar-refractivity contribution in [2.24, 2.45) is 5.92 Å². The third kappa shape index (κ3) is 3.83. The number of benzene rings is 1. The first kappa shape index (κ1) is 15.0. The number of rotatable bonds is 6. The Morgan fingerprint density at radius 2 is 2.00 bits per heavy atom. The molecule has 110 valence electrons. The summed E-state index contributed by atoms with van der Waals surface area (Å²) in [5.74, 6) is 0.736. The van der Waals surface area contributed by atoms with Gasteiger partial charge in [0.25, 0.3) is 5.91 Å². The van der Waals surface area contributed by atoms with Gasteiger partial charge in [-0.05, 0) is 57.3 Å². The fourth-order valence-corrected chi connectivity index (χ4v) is 3.08. The van der Waals surface area contributed by atoms with E-state index in [1.54, 1.807) is 0 Å². The Kier molecular flexibility index (Phi) is 5.60. The average Bonchev–Trinajstić information content (AvgIpc) is 2.99. The third-order valence-electron chi connectivity index (χ3n) is 4.37. The lowest BCUT2D eigenvalue weighted by molar-refractivity contribution is 0.0926. The molecule has 2 rings (SSSR count). The Balaban J connectivity index is 2.00. The van der Waals surface area contributed by atoms with Crippen molar-refractivity contribution >= 4 is 5.91 Å². The predicted octanol–water partition coefficient (Wildman–Crippen LogP) is 2.76. The molecule has 0 unspecified atom stereocenters. The van der Waals surface area contributed by atoms with Crippen molar-refractivity contribution in [3.05, 3.63) is 35.4 Å². The van der Waals surface area contributed by atoms with E-state index in [1.807, 2.05) is 31.3 Å². The number of likely N-dealkylation sites (N-methyl/N-ethyl adjacent to an activating group) is 1. The van der Waals surface area contributed by atoms with Crippen LogP contribution in [0, 0.1) is 5.92 Å². The molecule has 1 aromatic carbocycles. The van der Waals surface area contributed by atoms with Gasteiger partial charge in [0.2, 0.25) is 0 Å². The molecule has 1 saturated carbocycles. The van der Waals surface area contributed by atoms with E-state index in [-0.39, 0.29) is 11.9 Å². The monoisotopic (exact) mass is 274 g/mol.